The summed E-state index contributed by atoms with van der Waals surface area (Å²) >= 11 is 4.75. The minimum Gasteiger partial charge on any atom is -0.453 e. The second-order valence-electron chi connectivity index (χ2n) is 2.03. The predicted octanol–water partition coefficient (Wildman–Crippen LogP) is 0.0223. The van der Waals surface area contributed by atoms with E-state index in [4.69, 9.17) is 5.73 Å². The van der Waals surface area contributed by atoms with Crippen LogP contribution in [0.15, 0.2) is 0 Å². The van der Waals surface area contributed by atoms with E-state index in [0.29, 0.717) is 12.2 Å². The largest absolute Gasteiger partial charge is 0.453 e. The van der Waals surface area contributed by atoms with E-state index < -0.39 is 11.5 Å². The van der Waals surface area contributed by atoms with E-state index in [1.54, 1.807) is 6.92 Å². The first-order valence-corrected chi connectivity index (χ1v) is 4.79. The Kier molecular flexibility index (Phi) is 6.23. The normalized spacial score (nSPS) is 14.9. The monoisotopic (exact) mass is 209 g/mol. The molecule has 12 heavy (non-hydrogen) atoms. The van der Waals surface area contributed by atoms with Gasteiger partial charge in [0.1, 0.15) is 0 Å². The van der Waals surface area contributed by atoms with E-state index >= 15 is 0 Å². The maximum atomic E-state index is 11.1. The zero-order chi connectivity index (χ0) is 9.56. The second kappa shape index (κ2) is 6.33. The molecule has 0 aliphatic rings. The molecular weight excluding hydrogens is 198 g/mol. The molecule has 2 atom stereocenters. The van der Waals surface area contributed by atoms with E-state index in [1.807, 2.05) is 0 Å². The van der Waals surface area contributed by atoms with Gasteiger partial charge in [-0.15, -0.1) is 0 Å². The van der Waals surface area contributed by atoms with E-state index in [1.165, 1.54) is 0 Å². The van der Waals surface area contributed by atoms with Crippen molar-refractivity contribution in [2.24, 2.45) is 5.73 Å². The van der Waals surface area contributed by atoms with Crippen LogP contribution in [-0.2, 0) is 14.3 Å². The van der Waals surface area contributed by atoms with Gasteiger partial charge in [0.05, 0.1) is 6.04 Å². The van der Waals surface area contributed by atoms with Crippen molar-refractivity contribution in [3.05, 3.63) is 0 Å². The average molecular weight is 209 g/mol. The Morgan fingerprint density at radius 2 is 2.42 bits per heavy atom. The Morgan fingerprint density at radius 3 is 2.83 bits per heavy atom. The molecule has 0 saturated heterocycles. The molecule has 0 bridgehead atoms. The zero-order valence-corrected chi connectivity index (χ0v) is 8.31. The van der Waals surface area contributed by atoms with E-state index in [0.717, 1.165) is 11.8 Å². The lowest BCUT2D eigenvalue weighted by Crippen LogP contribution is -2.31. The first-order valence-electron chi connectivity index (χ1n) is 3.27. The Hall–Kier alpha value is -0.200. The van der Waals surface area contributed by atoms with Crippen LogP contribution in [0.1, 0.15) is 6.92 Å². The maximum Gasteiger partial charge on any atom is 0.294 e. The van der Waals surface area contributed by atoms with Gasteiger partial charge in [-0.3, -0.25) is 9.59 Å². The number of hydrogen-bond acceptors (Lipinski definition) is 6. The van der Waals surface area contributed by atoms with Gasteiger partial charge in [0, 0.05) is 5.75 Å². The molecule has 0 aromatic heterocycles. The third kappa shape index (κ3) is 4.63. The topological polar surface area (TPSA) is 69.4 Å². The molecule has 0 heterocycles. The van der Waals surface area contributed by atoms with Crippen molar-refractivity contribution in [3.8, 4) is 0 Å². The molecular formula is C6H11NO3S2. The van der Waals surface area contributed by atoms with Gasteiger partial charge in [-0.25, -0.2) is 0 Å². The molecule has 0 spiro atoms. The Morgan fingerprint density at radius 1 is 1.83 bits per heavy atom. The van der Waals surface area contributed by atoms with Crippen LogP contribution in [0.4, 0.5) is 0 Å². The van der Waals surface area contributed by atoms with Crippen molar-refractivity contribution in [1.82, 2.24) is 0 Å². The number of ether oxygens (including phenoxy) is 1. The summed E-state index contributed by atoms with van der Waals surface area (Å²) in [6.45, 7) is 1.90. The van der Waals surface area contributed by atoms with Gasteiger partial charge in [0.2, 0.25) is 5.12 Å². The van der Waals surface area contributed by atoms with Crippen LogP contribution in [-0.4, -0.2) is 28.8 Å². The standard InChI is InChI=1S/C6H11NO3S2/c1-4(10-3-8)12-6(9)5(7)2-11/h3-5,11H,2,7H2,1H3/t4?,5-/m0/s1. The van der Waals surface area contributed by atoms with Gasteiger partial charge >= 0.3 is 0 Å². The van der Waals surface area contributed by atoms with Gasteiger partial charge in [0.25, 0.3) is 6.47 Å². The van der Waals surface area contributed by atoms with E-state index in [9.17, 15) is 9.59 Å². The minimum absolute atomic E-state index is 0.223. The first kappa shape index (κ1) is 11.8. The average Bonchev–Trinajstić information content (AvgIpc) is 2.03. The van der Waals surface area contributed by atoms with E-state index in [-0.39, 0.29) is 5.12 Å². The van der Waals surface area contributed by atoms with Crippen LogP contribution in [0.2, 0.25) is 0 Å². The first-order chi connectivity index (χ1) is 5.61. The van der Waals surface area contributed by atoms with Crippen LogP contribution < -0.4 is 5.73 Å². The number of nitrogens with two attached hydrogens (primary N) is 1. The number of thioether (sulfide) groups is 1. The molecule has 0 fully saturated rings. The summed E-state index contributed by atoms with van der Waals surface area (Å²) in [5.74, 6) is 0.291. The minimum atomic E-state index is -0.601. The van der Waals surface area contributed by atoms with Gasteiger partial charge in [-0.1, -0.05) is 0 Å². The quantitative estimate of drug-likeness (QED) is 0.379. The molecule has 4 nitrogen and oxygen atoms in total. The van der Waals surface area contributed by atoms with Crippen LogP contribution in [0, 0.1) is 0 Å². The highest BCUT2D eigenvalue weighted by molar-refractivity contribution is 8.14. The molecule has 2 N–H and O–H groups in total. The fourth-order valence-corrected chi connectivity index (χ4v) is 1.41. The highest BCUT2D eigenvalue weighted by Gasteiger charge is 2.16. The summed E-state index contributed by atoms with van der Waals surface area (Å²) in [6, 6.07) is -0.601. The number of carbonyl (C=O) groups excluding carboxylic acids is 2. The lowest BCUT2D eigenvalue weighted by molar-refractivity contribution is -0.129. The van der Waals surface area contributed by atoms with Crippen molar-refractivity contribution in [2.45, 2.75) is 18.4 Å². The van der Waals surface area contributed by atoms with Crippen molar-refractivity contribution >= 4 is 36.0 Å². The van der Waals surface area contributed by atoms with Crippen LogP contribution >= 0.6 is 24.4 Å². The van der Waals surface area contributed by atoms with Crippen molar-refractivity contribution in [1.29, 1.82) is 0 Å². The number of thiol groups is 1. The third-order valence-corrected chi connectivity index (χ3v) is 2.40. The van der Waals surface area contributed by atoms with Crippen molar-refractivity contribution < 1.29 is 14.3 Å². The lowest BCUT2D eigenvalue weighted by Gasteiger charge is -2.10. The summed E-state index contributed by atoms with van der Waals surface area (Å²) in [5.41, 5.74) is 4.89. The predicted molar refractivity (Wildman–Crippen MR) is 51.0 cm³/mol. The van der Waals surface area contributed by atoms with Crippen LogP contribution in [0.5, 0.6) is 0 Å². The SMILES string of the molecule is CC(OC=O)SC(=O)[C@@H](N)CS. The summed E-state index contributed by atoms with van der Waals surface area (Å²) in [4.78, 5) is 20.9. The molecule has 1 unspecified atom stereocenters. The molecule has 0 rings (SSSR count). The molecule has 0 radical (unpaired) electrons. The second-order valence-corrected chi connectivity index (χ2v) is 3.69. The Labute approximate surface area is 80.6 Å². The summed E-state index contributed by atoms with van der Waals surface area (Å²) < 4.78 is 4.49. The number of rotatable bonds is 5. The highest BCUT2D eigenvalue weighted by atomic mass is 32.2. The molecule has 70 valence electrons. The van der Waals surface area contributed by atoms with Gasteiger partial charge in [-0.05, 0) is 18.7 Å². The maximum absolute atomic E-state index is 11.1. The fraction of sp³-hybridized carbons (Fsp3) is 0.667. The smallest absolute Gasteiger partial charge is 0.294 e. The zero-order valence-electron chi connectivity index (χ0n) is 6.60. The lowest BCUT2D eigenvalue weighted by atomic mass is 10.4. The third-order valence-electron chi connectivity index (χ3n) is 1.03. The molecule has 0 aliphatic carbocycles. The van der Waals surface area contributed by atoms with Gasteiger partial charge in [-0.2, -0.15) is 12.6 Å². The van der Waals surface area contributed by atoms with E-state index in [2.05, 4.69) is 17.4 Å². The molecule has 0 saturated carbocycles. The van der Waals surface area contributed by atoms with Crippen molar-refractivity contribution in [3.63, 3.8) is 0 Å². The molecule has 0 amide bonds. The van der Waals surface area contributed by atoms with Gasteiger partial charge < -0.3 is 10.5 Å². The number of carbonyl (C=O) groups is 2. The Balaban J connectivity index is 3.75. The van der Waals surface area contributed by atoms with Crippen molar-refractivity contribution in [2.75, 3.05) is 5.75 Å². The Bertz CT molecular complexity index is 165. The molecule has 0 aromatic rings. The fourth-order valence-electron chi connectivity index (χ4n) is 0.432. The van der Waals surface area contributed by atoms with Gasteiger partial charge in [0.15, 0.2) is 5.44 Å². The van der Waals surface area contributed by atoms with Crippen LogP contribution in [0.25, 0.3) is 0 Å². The number of hydrogen-bond donors (Lipinski definition) is 2. The summed E-state index contributed by atoms with van der Waals surface area (Å²) in [7, 11) is 0. The molecule has 0 aromatic carbocycles. The van der Waals surface area contributed by atoms with Crippen LogP contribution in [0.3, 0.4) is 0 Å². The molecule has 6 heteroatoms. The summed E-state index contributed by atoms with van der Waals surface area (Å²) in [6.07, 6.45) is 0. The molecule has 0 aliphatic heterocycles. The highest BCUT2D eigenvalue weighted by Crippen LogP contribution is 2.13. The summed E-state index contributed by atoms with van der Waals surface area (Å²) in [5, 5.41) is -0.223.